The van der Waals surface area contributed by atoms with Crippen molar-refractivity contribution in [3.05, 3.63) is 35.4 Å². The van der Waals surface area contributed by atoms with Crippen molar-refractivity contribution in [2.24, 2.45) is 0 Å². The average Bonchev–Trinajstić information content (AvgIpc) is 2.79. The summed E-state index contributed by atoms with van der Waals surface area (Å²) in [6.07, 6.45) is 0.611. The predicted octanol–water partition coefficient (Wildman–Crippen LogP) is 0.540. The number of aliphatic hydroxyl groups excluding tert-OH is 1. The van der Waals surface area contributed by atoms with Crippen LogP contribution in [0.5, 0.6) is 0 Å². The zero-order valence-corrected chi connectivity index (χ0v) is 12.0. The molecule has 1 heterocycles. The normalized spacial score (nSPS) is 20.9. The molecule has 1 aliphatic rings. The minimum absolute atomic E-state index is 0.00547. The van der Waals surface area contributed by atoms with E-state index in [1.807, 2.05) is 17.0 Å². The zero-order valence-electron chi connectivity index (χ0n) is 11.2. The Bertz CT molecular complexity index is 607. The van der Waals surface area contributed by atoms with Crippen molar-refractivity contribution in [2.45, 2.75) is 19.0 Å². The standard InChI is InChI=1S/C14H18N2O3S/c15-9-12-2-1-3-13(8-12)10-16(5-6-17)14-4-7-20(18,19)11-14/h1-3,8,14,17H,4-7,10-11H2. The fourth-order valence-electron chi connectivity index (χ4n) is 2.56. The van der Waals surface area contributed by atoms with Gasteiger partial charge in [-0.1, -0.05) is 12.1 Å². The zero-order chi connectivity index (χ0) is 14.6. The summed E-state index contributed by atoms with van der Waals surface area (Å²) in [5, 5.41) is 18.1. The summed E-state index contributed by atoms with van der Waals surface area (Å²) in [4.78, 5) is 1.99. The van der Waals surface area contributed by atoms with Gasteiger partial charge in [-0.05, 0) is 24.1 Å². The molecule has 0 amide bonds. The first-order valence-electron chi connectivity index (χ1n) is 6.58. The lowest BCUT2D eigenvalue weighted by molar-refractivity contribution is 0.153. The molecule has 0 bridgehead atoms. The second-order valence-electron chi connectivity index (χ2n) is 5.06. The number of rotatable bonds is 5. The van der Waals surface area contributed by atoms with Crippen LogP contribution in [0.1, 0.15) is 17.5 Å². The van der Waals surface area contributed by atoms with Crippen LogP contribution in [0.4, 0.5) is 0 Å². The maximum atomic E-state index is 11.6. The average molecular weight is 294 g/mol. The van der Waals surface area contributed by atoms with Crippen LogP contribution in [-0.2, 0) is 16.4 Å². The molecule has 0 spiro atoms. The van der Waals surface area contributed by atoms with Gasteiger partial charge in [-0.25, -0.2) is 8.42 Å². The Hall–Kier alpha value is -1.42. The van der Waals surface area contributed by atoms with Gasteiger partial charge in [0.1, 0.15) is 0 Å². The highest BCUT2D eigenvalue weighted by Gasteiger charge is 2.31. The van der Waals surface area contributed by atoms with E-state index in [0.29, 0.717) is 25.1 Å². The van der Waals surface area contributed by atoms with Crippen LogP contribution < -0.4 is 0 Å². The van der Waals surface area contributed by atoms with Gasteiger partial charge >= 0.3 is 0 Å². The van der Waals surface area contributed by atoms with Crippen molar-refractivity contribution in [2.75, 3.05) is 24.7 Å². The molecule has 1 fully saturated rings. The predicted molar refractivity (Wildman–Crippen MR) is 75.7 cm³/mol. The van der Waals surface area contributed by atoms with Gasteiger partial charge in [-0.2, -0.15) is 5.26 Å². The van der Waals surface area contributed by atoms with Crippen molar-refractivity contribution in [1.29, 1.82) is 5.26 Å². The van der Waals surface area contributed by atoms with Gasteiger partial charge in [0.25, 0.3) is 0 Å². The van der Waals surface area contributed by atoms with Crippen LogP contribution in [0.25, 0.3) is 0 Å². The van der Waals surface area contributed by atoms with Gasteiger partial charge in [0.15, 0.2) is 9.84 Å². The van der Waals surface area contributed by atoms with Crippen LogP contribution in [0.3, 0.4) is 0 Å². The van der Waals surface area contributed by atoms with Crippen LogP contribution >= 0.6 is 0 Å². The first-order valence-corrected chi connectivity index (χ1v) is 8.40. The SMILES string of the molecule is N#Cc1cccc(CN(CCO)C2CCS(=O)(=O)C2)c1. The fraction of sp³-hybridized carbons (Fsp3) is 0.500. The van der Waals surface area contributed by atoms with Crippen LogP contribution in [0, 0.1) is 11.3 Å². The molecule has 0 radical (unpaired) electrons. The third-order valence-corrected chi connectivity index (χ3v) is 5.30. The molecule has 1 aromatic carbocycles. The first-order chi connectivity index (χ1) is 9.54. The quantitative estimate of drug-likeness (QED) is 0.857. The summed E-state index contributed by atoms with van der Waals surface area (Å²) in [7, 11) is -2.94. The summed E-state index contributed by atoms with van der Waals surface area (Å²) < 4.78 is 23.1. The highest BCUT2D eigenvalue weighted by molar-refractivity contribution is 7.91. The van der Waals surface area contributed by atoms with Crippen molar-refractivity contribution in [1.82, 2.24) is 4.90 Å². The lowest BCUT2D eigenvalue weighted by Crippen LogP contribution is -2.37. The van der Waals surface area contributed by atoms with Gasteiger partial charge in [0.2, 0.25) is 0 Å². The topological polar surface area (TPSA) is 81.4 Å². The van der Waals surface area contributed by atoms with Gasteiger partial charge in [-0.15, -0.1) is 0 Å². The first kappa shape index (κ1) is 15.0. The van der Waals surface area contributed by atoms with Crippen molar-refractivity contribution in [3.63, 3.8) is 0 Å². The minimum Gasteiger partial charge on any atom is -0.395 e. The van der Waals surface area contributed by atoms with E-state index in [1.165, 1.54) is 0 Å². The van der Waals surface area contributed by atoms with E-state index in [-0.39, 0.29) is 24.2 Å². The molecule has 0 saturated carbocycles. The van der Waals surface area contributed by atoms with Gasteiger partial charge in [-0.3, -0.25) is 4.90 Å². The highest BCUT2D eigenvalue weighted by Crippen LogP contribution is 2.20. The highest BCUT2D eigenvalue weighted by atomic mass is 32.2. The second kappa shape index (κ2) is 6.35. The molecule has 20 heavy (non-hydrogen) atoms. The summed E-state index contributed by atoms with van der Waals surface area (Å²) in [5.41, 5.74) is 1.55. The Balaban J connectivity index is 2.11. The summed E-state index contributed by atoms with van der Waals surface area (Å²) in [5.74, 6) is 0.378. The maximum absolute atomic E-state index is 11.6. The number of hydrogen-bond donors (Lipinski definition) is 1. The lowest BCUT2D eigenvalue weighted by Gasteiger charge is -2.27. The molecular formula is C14H18N2O3S. The third kappa shape index (κ3) is 3.79. The Morgan fingerprint density at radius 2 is 2.25 bits per heavy atom. The molecule has 108 valence electrons. The maximum Gasteiger partial charge on any atom is 0.151 e. The van der Waals surface area contributed by atoms with E-state index < -0.39 is 9.84 Å². The second-order valence-corrected chi connectivity index (χ2v) is 7.29. The number of benzene rings is 1. The smallest absolute Gasteiger partial charge is 0.151 e. The van der Waals surface area contributed by atoms with Crippen LogP contribution in [0.2, 0.25) is 0 Å². The van der Waals surface area contributed by atoms with Gasteiger partial charge < -0.3 is 5.11 Å². The summed E-state index contributed by atoms with van der Waals surface area (Å²) in [6, 6.07) is 9.31. The van der Waals surface area contributed by atoms with Crippen LogP contribution in [0.15, 0.2) is 24.3 Å². The van der Waals surface area contributed by atoms with Crippen molar-refractivity contribution < 1.29 is 13.5 Å². The molecule has 1 aromatic rings. The van der Waals surface area contributed by atoms with Gasteiger partial charge in [0, 0.05) is 19.1 Å². The van der Waals surface area contributed by atoms with E-state index in [4.69, 9.17) is 10.4 Å². The van der Waals surface area contributed by atoms with E-state index in [2.05, 4.69) is 6.07 Å². The van der Waals surface area contributed by atoms with Crippen molar-refractivity contribution >= 4 is 9.84 Å². The molecule has 0 aliphatic carbocycles. The van der Waals surface area contributed by atoms with E-state index in [0.717, 1.165) is 5.56 Å². The molecule has 1 aliphatic heterocycles. The van der Waals surface area contributed by atoms with Gasteiger partial charge in [0.05, 0.1) is 29.7 Å². The Morgan fingerprint density at radius 3 is 2.85 bits per heavy atom. The molecule has 5 nitrogen and oxygen atoms in total. The molecular weight excluding hydrogens is 276 g/mol. The summed E-state index contributed by atoms with van der Waals surface area (Å²) >= 11 is 0. The van der Waals surface area contributed by atoms with E-state index >= 15 is 0 Å². The minimum atomic E-state index is -2.94. The van der Waals surface area contributed by atoms with Crippen LogP contribution in [-0.4, -0.2) is 49.1 Å². The number of aliphatic hydroxyl groups is 1. The number of nitriles is 1. The van der Waals surface area contributed by atoms with E-state index in [1.54, 1.807) is 12.1 Å². The fourth-order valence-corrected chi connectivity index (χ4v) is 4.32. The molecule has 1 unspecified atom stereocenters. The molecule has 1 atom stereocenters. The molecule has 0 aromatic heterocycles. The largest absolute Gasteiger partial charge is 0.395 e. The Kier molecular flexibility index (Phi) is 4.76. The van der Waals surface area contributed by atoms with Crippen molar-refractivity contribution in [3.8, 4) is 6.07 Å². The number of nitrogens with zero attached hydrogens (tertiary/aromatic N) is 2. The molecule has 2 rings (SSSR count). The Labute approximate surface area is 119 Å². The Morgan fingerprint density at radius 1 is 1.45 bits per heavy atom. The molecule has 6 heteroatoms. The lowest BCUT2D eigenvalue weighted by atomic mass is 10.1. The summed E-state index contributed by atoms with van der Waals surface area (Å²) in [6.45, 7) is 0.988. The number of hydrogen-bond acceptors (Lipinski definition) is 5. The third-order valence-electron chi connectivity index (χ3n) is 3.55. The molecule has 1 saturated heterocycles. The number of sulfone groups is 1. The monoisotopic (exact) mass is 294 g/mol. The molecule has 1 N–H and O–H groups in total. The van der Waals surface area contributed by atoms with E-state index in [9.17, 15) is 8.42 Å².